The van der Waals surface area contributed by atoms with Crippen LogP contribution >= 0.6 is 0 Å². The van der Waals surface area contributed by atoms with Crippen molar-refractivity contribution < 1.29 is 21.1 Å². The molecule has 56 heavy (non-hydrogen) atoms. The maximum Gasteiger partial charge on any atom is 0.0900 e. The van der Waals surface area contributed by atoms with Gasteiger partial charge in [0, 0.05) is 33.5 Å². The fraction of sp³-hybridized carbons (Fsp3) is 0.235. The molecule has 3 heterocycles. The predicted octanol–water partition coefficient (Wildman–Crippen LogP) is 14.4. The summed E-state index contributed by atoms with van der Waals surface area (Å²) < 4.78 is 0. The summed E-state index contributed by atoms with van der Waals surface area (Å²) in [5, 5.41) is 5.49. The molecule has 5 heteroatoms. The summed E-state index contributed by atoms with van der Waals surface area (Å²) in [7, 11) is 0. The third-order valence-electron chi connectivity index (χ3n) is 10.2. The third kappa shape index (κ3) is 9.09. The number of nitrogens with zero attached hydrogens (tertiary/aromatic N) is 4. The first kappa shape index (κ1) is 40.5. The van der Waals surface area contributed by atoms with Crippen molar-refractivity contribution in [2.24, 2.45) is 0 Å². The first-order chi connectivity index (χ1) is 26.1. The van der Waals surface area contributed by atoms with Crippen LogP contribution in [0.1, 0.15) is 79.0 Å². The van der Waals surface area contributed by atoms with Gasteiger partial charge in [-0.15, -0.1) is 11.4 Å². The normalized spacial score (nSPS) is 11.9. The van der Waals surface area contributed by atoms with Gasteiger partial charge in [0.1, 0.15) is 0 Å². The van der Waals surface area contributed by atoms with Crippen molar-refractivity contribution in [2.45, 2.75) is 78.6 Å². The molecule has 0 aliphatic rings. The number of rotatable bonds is 7. The van der Waals surface area contributed by atoms with Gasteiger partial charge >= 0.3 is 0 Å². The quantitative estimate of drug-likeness (QED) is 0.160. The van der Waals surface area contributed by atoms with Gasteiger partial charge in [-0.05, 0) is 103 Å². The Morgan fingerprint density at radius 2 is 0.821 bits per heavy atom. The van der Waals surface area contributed by atoms with E-state index in [0.717, 1.165) is 67.5 Å². The number of hydrogen-bond donors (Lipinski definition) is 0. The Kier molecular flexibility index (Phi) is 11.7. The first-order valence-corrected chi connectivity index (χ1v) is 19.2. The molecular weight excluding hydrogens is 864 g/mol. The molecule has 0 atom stereocenters. The zero-order valence-corrected chi connectivity index (χ0v) is 36.2. The zero-order valence-electron chi connectivity index (χ0n) is 34.0. The van der Waals surface area contributed by atoms with E-state index >= 15 is 0 Å². The minimum Gasteiger partial charge on any atom is -0.657 e. The van der Waals surface area contributed by atoms with Crippen LogP contribution in [-0.2, 0) is 37.3 Å². The van der Waals surface area contributed by atoms with Crippen molar-refractivity contribution in [3.63, 3.8) is 0 Å². The molecule has 0 spiro atoms. The van der Waals surface area contributed by atoms with E-state index in [4.69, 9.17) is 20.3 Å². The Hall–Kier alpha value is -5.18. The Labute approximate surface area is 348 Å². The standard InChI is InChI=1S/C51H51N4.Pt/c1-49(2,3)38-20-22-43(41(31-38)45-33-40(25-27-52-45)51(7,8)9)54-44-23-21-39(50(4,5)6)32-42(44)46-29-37(35-18-14-11-15-19-35)30-48(55-46)47-28-36(24-26-53-47)34-16-12-10-13-17-34;/h10-33H,1-9H3;/q-1;. The molecule has 0 unspecified atom stereocenters. The third-order valence-corrected chi connectivity index (χ3v) is 10.2. The Bertz CT molecular complexity index is 2450. The first-order valence-electron chi connectivity index (χ1n) is 19.2. The second-order valence-electron chi connectivity index (χ2n) is 17.5. The molecule has 0 fully saturated rings. The van der Waals surface area contributed by atoms with Crippen LogP contribution < -0.4 is 0 Å². The molecular formula is C51H51N4Pt-. The van der Waals surface area contributed by atoms with Crippen LogP contribution in [0.25, 0.3) is 61.5 Å². The summed E-state index contributed by atoms with van der Waals surface area (Å²) in [6, 6.07) is 47.1. The monoisotopic (exact) mass is 914 g/mol. The fourth-order valence-corrected chi connectivity index (χ4v) is 6.76. The molecule has 286 valence electrons. The molecule has 7 rings (SSSR count). The summed E-state index contributed by atoms with van der Waals surface area (Å²) in [5.74, 6) is 0. The molecule has 0 N–H and O–H groups in total. The van der Waals surface area contributed by atoms with Gasteiger partial charge in [0.25, 0.3) is 0 Å². The number of aromatic nitrogens is 3. The van der Waals surface area contributed by atoms with Gasteiger partial charge in [0.2, 0.25) is 0 Å². The molecule has 3 aromatic heterocycles. The van der Waals surface area contributed by atoms with E-state index < -0.39 is 0 Å². The topological polar surface area (TPSA) is 52.8 Å². The van der Waals surface area contributed by atoms with Crippen molar-refractivity contribution >= 4 is 11.4 Å². The van der Waals surface area contributed by atoms with Crippen molar-refractivity contribution in [1.29, 1.82) is 0 Å². The summed E-state index contributed by atoms with van der Waals surface area (Å²) in [5.41, 5.74) is 15.0. The number of benzene rings is 4. The van der Waals surface area contributed by atoms with Gasteiger partial charge in [-0.2, -0.15) is 0 Å². The summed E-state index contributed by atoms with van der Waals surface area (Å²) in [6.45, 7) is 20.2. The fourth-order valence-electron chi connectivity index (χ4n) is 6.76. The van der Waals surface area contributed by atoms with Crippen molar-refractivity contribution in [2.75, 3.05) is 0 Å². The summed E-state index contributed by atoms with van der Waals surface area (Å²) >= 11 is 0. The SMILES string of the molecule is CC(C)(C)c1ccnc(-c2cc(C(C)(C)C)ccc2[N-]c2ccc(C(C)(C)C)cc2-c2cc(-c3ccccc3)cc(-c3cc(-c4ccccc4)ccn3)n2)c1.[Pt]. The van der Waals surface area contributed by atoms with Crippen LogP contribution in [0, 0.1) is 0 Å². The van der Waals surface area contributed by atoms with E-state index in [0.29, 0.717) is 0 Å². The average Bonchev–Trinajstić information content (AvgIpc) is 3.17. The summed E-state index contributed by atoms with van der Waals surface area (Å²) in [6.07, 6.45) is 3.80. The molecule has 0 radical (unpaired) electrons. The van der Waals surface area contributed by atoms with Crippen LogP contribution in [0.5, 0.6) is 0 Å². The van der Waals surface area contributed by atoms with E-state index in [2.05, 4.69) is 190 Å². The second-order valence-corrected chi connectivity index (χ2v) is 17.5. The van der Waals surface area contributed by atoms with Crippen LogP contribution in [0.3, 0.4) is 0 Å². The van der Waals surface area contributed by atoms with Crippen LogP contribution in [-0.4, -0.2) is 15.0 Å². The van der Waals surface area contributed by atoms with Crippen molar-refractivity contribution in [3.8, 4) is 56.2 Å². The van der Waals surface area contributed by atoms with Gasteiger partial charge in [-0.3, -0.25) is 9.97 Å². The Morgan fingerprint density at radius 1 is 0.375 bits per heavy atom. The zero-order chi connectivity index (χ0) is 39.0. The van der Waals surface area contributed by atoms with Gasteiger partial charge < -0.3 is 5.32 Å². The second kappa shape index (κ2) is 16.1. The minimum atomic E-state index is -0.0877. The molecule has 0 saturated carbocycles. The van der Waals surface area contributed by atoms with Crippen molar-refractivity contribution in [1.82, 2.24) is 15.0 Å². The van der Waals surface area contributed by atoms with Gasteiger partial charge in [0.05, 0.1) is 22.8 Å². The van der Waals surface area contributed by atoms with E-state index in [1.54, 1.807) is 0 Å². The van der Waals surface area contributed by atoms with E-state index in [-0.39, 0.29) is 37.3 Å². The molecule has 4 aromatic carbocycles. The molecule has 0 aliphatic carbocycles. The van der Waals surface area contributed by atoms with E-state index in [9.17, 15) is 0 Å². The molecule has 0 saturated heterocycles. The maximum absolute atomic E-state index is 5.49. The molecule has 4 nitrogen and oxygen atoms in total. The molecule has 0 amide bonds. The Balaban J connectivity index is 0.00000532. The molecule has 0 bridgehead atoms. The predicted molar refractivity (Wildman–Crippen MR) is 232 cm³/mol. The molecule has 0 aliphatic heterocycles. The van der Waals surface area contributed by atoms with E-state index in [1.807, 2.05) is 18.5 Å². The van der Waals surface area contributed by atoms with Gasteiger partial charge in [0.15, 0.2) is 0 Å². The van der Waals surface area contributed by atoms with Crippen LogP contribution in [0.4, 0.5) is 11.4 Å². The van der Waals surface area contributed by atoms with Gasteiger partial charge in [-0.25, -0.2) is 4.98 Å². The largest absolute Gasteiger partial charge is 0.657 e. The number of pyridine rings is 3. The van der Waals surface area contributed by atoms with Crippen LogP contribution in [0.15, 0.2) is 146 Å². The maximum atomic E-state index is 5.49. The summed E-state index contributed by atoms with van der Waals surface area (Å²) in [4.78, 5) is 15.2. The number of hydrogen-bond acceptors (Lipinski definition) is 3. The van der Waals surface area contributed by atoms with Crippen LogP contribution in [0.2, 0.25) is 0 Å². The Morgan fingerprint density at radius 3 is 1.38 bits per heavy atom. The van der Waals surface area contributed by atoms with Crippen molar-refractivity contribution in [3.05, 3.63) is 168 Å². The smallest absolute Gasteiger partial charge is 0.0900 e. The molecule has 7 aromatic rings. The average molecular weight is 915 g/mol. The minimum absolute atomic E-state index is 0. The van der Waals surface area contributed by atoms with Gasteiger partial charge in [-0.1, -0.05) is 159 Å². The van der Waals surface area contributed by atoms with E-state index in [1.165, 1.54) is 16.7 Å².